The van der Waals surface area contributed by atoms with Gasteiger partial charge in [-0.1, -0.05) is 57.6 Å². The molecule has 1 saturated carbocycles. The molecule has 5 atom stereocenters. The van der Waals surface area contributed by atoms with Gasteiger partial charge in [-0.25, -0.2) is 0 Å². The summed E-state index contributed by atoms with van der Waals surface area (Å²) < 4.78 is 0. The van der Waals surface area contributed by atoms with Crippen molar-refractivity contribution in [1.82, 2.24) is 0 Å². The molecule has 152 valence electrons. The molecular formula is C21H38O5. The van der Waals surface area contributed by atoms with E-state index in [1.165, 1.54) is 0 Å². The Morgan fingerprint density at radius 1 is 1.08 bits per heavy atom. The van der Waals surface area contributed by atoms with Crippen molar-refractivity contribution in [2.45, 2.75) is 102 Å². The van der Waals surface area contributed by atoms with Crippen molar-refractivity contribution in [3.05, 3.63) is 12.2 Å². The van der Waals surface area contributed by atoms with E-state index in [1.54, 1.807) is 13.0 Å². The van der Waals surface area contributed by atoms with Crippen molar-refractivity contribution >= 4 is 5.97 Å². The second-order valence-electron chi connectivity index (χ2n) is 8.13. The molecule has 0 aromatic heterocycles. The minimum absolute atomic E-state index is 0.00663. The van der Waals surface area contributed by atoms with Crippen LogP contribution in [-0.2, 0) is 4.79 Å². The zero-order chi connectivity index (χ0) is 19.6. The third-order valence-corrected chi connectivity index (χ3v) is 5.56. The second kappa shape index (κ2) is 11.7. The predicted octanol–water partition coefficient (Wildman–Crippen LogP) is 3.66. The maximum Gasteiger partial charge on any atom is 0.303 e. The number of aliphatic carboxylic acids is 1. The Kier molecular flexibility index (Phi) is 10.4. The van der Waals surface area contributed by atoms with Gasteiger partial charge in [0.05, 0.1) is 17.8 Å². The highest BCUT2D eigenvalue weighted by Gasteiger charge is 2.39. The van der Waals surface area contributed by atoms with Crippen LogP contribution in [0.15, 0.2) is 12.2 Å². The van der Waals surface area contributed by atoms with Gasteiger partial charge in [-0.05, 0) is 32.1 Å². The van der Waals surface area contributed by atoms with Gasteiger partial charge in [-0.2, -0.15) is 0 Å². The lowest BCUT2D eigenvalue weighted by Crippen LogP contribution is -2.24. The summed E-state index contributed by atoms with van der Waals surface area (Å²) >= 11 is 0. The predicted molar refractivity (Wildman–Crippen MR) is 103 cm³/mol. The zero-order valence-electron chi connectivity index (χ0n) is 16.4. The lowest BCUT2D eigenvalue weighted by atomic mass is 9.86. The first-order valence-corrected chi connectivity index (χ1v) is 10.3. The Balaban J connectivity index is 2.47. The van der Waals surface area contributed by atoms with Gasteiger partial charge >= 0.3 is 5.97 Å². The van der Waals surface area contributed by atoms with Gasteiger partial charge in [0, 0.05) is 18.8 Å². The number of hydrogen-bond donors (Lipinski definition) is 4. The van der Waals surface area contributed by atoms with E-state index in [0.29, 0.717) is 19.3 Å². The van der Waals surface area contributed by atoms with Crippen molar-refractivity contribution < 1.29 is 25.2 Å². The number of rotatable bonds is 13. The normalized spacial score (nSPS) is 28.5. The lowest BCUT2D eigenvalue weighted by Gasteiger charge is -2.23. The van der Waals surface area contributed by atoms with Gasteiger partial charge in [-0.15, -0.1) is 0 Å². The number of carbonyl (C=O) groups is 1. The third kappa shape index (κ3) is 8.65. The maximum absolute atomic E-state index is 10.5. The fourth-order valence-electron chi connectivity index (χ4n) is 3.92. The summed E-state index contributed by atoms with van der Waals surface area (Å²) in [7, 11) is 0. The molecule has 0 aliphatic heterocycles. The Bertz CT molecular complexity index is 432. The lowest BCUT2D eigenvalue weighted by molar-refractivity contribution is -0.137. The molecule has 5 heteroatoms. The third-order valence-electron chi connectivity index (χ3n) is 5.56. The number of hydrogen-bond acceptors (Lipinski definition) is 4. The summed E-state index contributed by atoms with van der Waals surface area (Å²) in [4.78, 5) is 10.5. The largest absolute Gasteiger partial charge is 0.481 e. The smallest absolute Gasteiger partial charge is 0.303 e. The molecule has 4 N–H and O–H groups in total. The highest BCUT2D eigenvalue weighted by atomic mass is 16.4. The summed E-state index contributed by atoms with van der Waals surface area (Å²) in [5.74, 6) is -0.871. The molecule has 0 radical (unpaired) electrons. The van der Waals surface area contributed by atoms with Crippen LogP contribution in [0.2, 0.25) is 0 Å². The van der Waals surface area contributed by atoms with Gasteiger partial charge in [-0.3, -0.25) is 4.79 Å². The van der Waals surface area contributed by atoms with E-state index in [-0.39, 0.29) is 18.3 Å². The zero-order valence-corrected chi connectivity index (χ0v) is 16.4. The molecule has 26 heavy (non-hydrogen) atoms. The highest BCUT2D eigenvalue weighted by molar-refractivity contribution is 5.66. The summed E-state index contributed by atoms with van der Waals surface area (Å²) in [6.07, 6.45) is 11.4. The van der Waals surface area contributed by atoms with Crippen LogP contribution in [-0.4, -0.2) is 44.2 Å². The van der Waals surface area contributed by atoms with Crippen LogP contribution in [0.25, 0.3) is 0 Å². The van der Waals surface area contributed by atoms with Crippen molar-refractivity contribution in [3.8, 4) is 0 Å². The van der Waals surface area contributed by atoms with Crippen molar-refractivity contribution in [1.29, 1.82) is 0 Å². The average molecular weight is 371 g/mol. The van der Waals surface area contributed by atoms with Crippen LogP contribution in [0.1, 0.15) is 84.5 Å². The van der Waals surface area contributed by atoms with E-state index in [0.717, 1.165) is 44.9 Å². The van der Waals surface area contributed by atoms with Crippen LogP contribution in [0, 0.1) is 11.8 Å². The minimum atomic E-state index is -0.871. The number of carboxylic acid groups (broad SMARTS) is 1. The quantitative estimate of drug-likeness (QED) is 0.293. The van der Waals surface area contributed by atoms with Crippen LogP contribution >= 0.6 is 0 Å². The Labute approximate surface area is 158 Å². The average Bonchev–Trinajstić information content (AvgIpc) is 2.82. The molecule has 0 aromatic rings. The van der Waals surface area contributed by atoms with Crippen LogP contribution < -0.4 is 0 Å². The van der Waals surface area contributed by atoms with Crippen LogP contribution in [0.4, 0.5) is 0 Å². The topological polar surface area (TPSA) is 98.0 Å². The van der Waals surface area contributed by atoms with Crippen molar-refractivity contribution in [2.75, 3.05) is 0 Å². The van der Waals surface area contributed by atoms with Crippen molar-refractivity contribution in [2.24, 2.45) is 11.8 Å². The SMILES string of the molecule is CCCCCC(C)(O)C=CC1C(O)CC(O)C1CCCCCCC(=O)O. The number of unbranched alkanes of at least 4 members (excludes halogenated alkanes) is 5. The molecule has 1 aliphatic rings. The minimum Gasteiger partial charge on any atom is -0.481 e. The standard InChI is InChI=1S/C21H38O5/c1-3-4-9-13-21(2,26)14-12-17-16(18(22)15-19(17)23)10-7-5-6-8-11-20(24)25/h12,14,16-19,22-23,26H,3-11,13,15H2,1-2H3,(H,24,25). The number of aliphatic hydroxyl groups excluding tert-OH is 2. The summed E-state index contributed by atoms with van der Waals surface area (Å²) in [6.45, 7) is 3.93. The highest BCUT2D eigenvalue weighted by Crippen LogP contribution is 2.37. The molecule has 1 aliphatic carbocycles. The van der Waals surface area contributed by atoms with E-state index >= 15 is 0 Å². The van der Waals surface area contributed by atoms with Gasteiger partial charge < -0.3 is 20.4 Å². The van der Waals surface area contributed by atoms with E-state index in [2.05, 4.69) is 6.92 Å². The van der Waals surface area contributed by atoms with Gasteiger partial charge in [0.25, 0.3) is 0 Å². The summed E-state index contributed by atoms with van der Waals surface area (Å²) in [5.41, 5.74) is -0.871. The molecule has 1 rings (SSSR count). The Morgan fingerprint density at radius 3 is 2.42 bits per heavy atom. The van der Waals surface area contributed by atoms with Gasteiger partial charge in [0.2, 0.25) is 0 Å². The van der Waals surface area contributed by atoms with E-state index in [1.807, 2.05) is 6.08 Å². The fourth-order valence-corrected chi connectivity index (χ4v) is 3.92. The number of carboxylic acids is 1. The monoisotopic (exact) mass is 370 g/mol. The van der Waals surface area contributed by atoms with Crippen LogP contribution in [0.3, 0.4) is 0 Å². The molecule has 0 saturated heterocycles. The van der Waals surface area contributed by atoms with Gasteiger partial charge in [0.15, 0.2) is 0 Å². The Morgan fingerprint density at radius 2 is 1.77 bits per heavy atom. The molecule has 5 unspecified atom stereocenters. The first-order valence-electron chi connectivity index (χ1n) is 10.3. The molecule has 0 heterocycles. The van der Waals surface area contributed by atoms with E-state index in [4.69, 9.17) is 5.11 Å². The molecule has 1 fully saturated rings. The first kappa shape index (κ1) is 23.1. The summed E-state index contributed by atoms with van der Waals surface area (Å²) in [6, 6.07) is 0. The van der Waals surface area contributed by atoms with E-state index in [9.17, 15) is 20.1 Å². The molecular weight excluding hydrogens is 332 g/mol. The van der Waals surface area contributed by atoms with E-state index < -0.39 is 23.8 Å². The molecule has 0 bridgehead atoms. The first-order chi connectivity index (χ1) is 12.3. The number of aliphatic hydroxyl groups is 3. The molecule has 5 nitrogen and oxygen atoms in total. The van der Waals surface area contributed by atoms with Crippen LogP contribution in [0.5, 0.6) is 0 Å². The fraction of sp³-hybridized carbons (Fsp3) is 0.857. The summed E-state index contributed by atoms with van der Waals surface area (Å²) in [5, 5.41) is 39.7. The van der Waals surface area contributed by atoms with Crippen molar-refractivity contribution in [3.63, 3.8) is 0 Å². The second-order valence-corrected chi connectivity index (χ2v) is 8.13. The van der Waals surface area contributed by atoms with Gasteiger partial charge in [0.1, 0.15) is 0 Å². The molecule has 0 aromatic carbocycles. The molecule has 0 amide bonds. The maximum atomic E-state index is 10.5. The Hall–Kier alpha value is -0.910. The molecule has 0 spiro atoms.